The highest BCUT2D eigenvalue weighted by Gasteiger charge is 2.40. The summed E-state index contributed by atoms with van der Waals surface area (Å²) in [7, 11) is 0. The number of rotatable bonds is 6. The second-order valence-electron chi connectivity index (χ2n) is 9.49. The number of alkyl halides is 1. The van der Waals surface area contributed by atoms with Crippen LogP contribution in [0.15, 0.2) is 36.7 Å². The molecule has 11 heteroatoms. The Bertz CT molecular complexity index is 1430. The number of anilines is 2. The maximum atomic E-state index is 15.1. The van der Waals surface area contributed by atoms with Crippen LogP contribution in [0.1, 0.15) is 50.2 Å². The first-order valence-corrected chi connectivity index (χ1v) is 12.0. The van der Waals surface area contributed by atoms with Crippen LogP contribution in [0.3, 0.4) is 0 Å². The molecule has 1 atom stereocenters. The highest BCUT2D eigenvalue weighted by molar-refractivity contribution is 5.83. The number of imidazole rings is 1. The van der Waals surface area contributed by atoms with Crippen LogP contribution < -0.4 is 5.32 Å². The van der Waals surface area contributed by atoms with E-state index in [-0.39, 0.29) is 54.8 Å². The molecule has 0 aliphatic carbocycles. The molecule has 1 fully saturated rings. The number of aryl methyl sites for hydroxylation is 1. The normalized spacial score (nSPS) is 16.3. The molecule has 194 valence electrons. The number of ether oxygens (including phenoxy) is 1. The average molecular weight is 513 g/mol. The molecule has 1 saturated heterocycles. The maximum absolute atomic E-state index is 15.1. The van der Waals surface area contributed by atoms with Crippen LogP contribution in [-0.2, 0) is 4.74 Å². The zero-order chi connectivity index (χ0) is 26.3. The van der Waals surface area contributed by atoms with Gasteiger partial charge in [0.05, 0.1) is 11.7 Å². The lowest BCUT2D eigenvalue weighted by Crippen LogP contribution is -2.37. The summed E-state index contributed by atoms with van der Waals surface area (Å²) in [5.41, 5.74) is -0.532. The molecule has 3 aromatic heterocycles. The molecule has 1 aliphatic heterocycles. The van der Waals surface area contributed by atoms with Gasteiger partial charge in [-0.15, -0.1) is 0 Å². The van der Waals surface area contributed by atoms with E-state index in [2.05, 4.69) is 25.3 Å². The third-order valence-corrected chi connectivity index (χ3v) is 6.62. The molecule has 1 aromatic carbocycles. The van der Waals surface area contributed by atoms with Gasteiger partial charge in [-0.3, -0.25) is 0 Å². The summed E-state index contributed by atoms with van der Waals surface area (Å²) < 4.78 is 51.8. The third kappa shape index (κ3) is 4.76. The van der Waals surface area contributed by atoms with Crippen LogP contribution in [0.4, 0.5) is 24.9 Å². The number of hydrogen-bond acceptors (Lipinski definition) is 7. The van der Waals surface area contributed by atoms with Gasteiger partial charge in [0.2, 0.25) is 5.95 Å². The monoisotopic (exact) mass is 512 g/mol. The van der Waals surface area contributed by atoms with Gasteiger partial charge in [0.1, 0.15) is 34.6 Å². The molecule has 0 saturated carbocycles. The number of nitrogens with zero attached hydrogens (tertiary/aromatic N) is 5. The highest BCUT2D eigenvalue weighted by atomic mass is 19.1. The Kier molecular flexibility index (Phi) is 6.59. The Balaban J connectivity index is 1.42. The summed E-state index contributed by atoms with van der Waals surface area (Å²) in [6, 6.07) is 5.99. The van der Waals surface area contributed by atoms with E-state index < -0.39 is 23.4 Å². The lowest BCUT2D eigenvalue weighted by atomic mass is 9.87. The van der Waals surface area contributed by atoms with E-state index in [1.807, 2.05) is 18.4 Å². The first-order chi connectivity index (χ1) is 17.7. The number of aromatic nitrogens is 5. The quantitative estimate of drug-likeness (QED) is 0.359. The van der Waals surface area contributed by atoms with Crippen molar-refractivity contribution in [2.24, 2.45) is 0 Å². The van der Waals surface area contributed by atoms with Gasteiger partial charge in [-0.2, -0.15) is 0 Å². The summed E-state index contributed by atoms with van der Waals surface area (Å²) in [6.45, 7) is 6.21. The van der Waals surface area contributed by atoms with Crippen LogP contribution in [-0.4, -0.2) is 48.5 Å². The summed E-state index contributed by atoms with van der Waals surface area (Å²) in [4.78, 5) is 16.7. The van der Waals surface area contributed by atoms with Crippen LogP contribution in [0.5, 0.6) is 0 Å². The maximum Gasteiger partial charge on any atom is 0.229 e. The van der Waals surface area contributed by atoms with E-state index in [1.165, 1.54) is 12.3 Å². The van der Waals surface area contributed by atoms with E-state index in [1.54, 1.807) is 25.1 Å². The molecule has 4 aromatic rings. The van der Waals surface area contributed by atoms with Gasteiger partial charge in [0.25, 0.3) is 0 Å². The van der Waals surface area contributed by atoms with Crippen LogP contribution in [0, 0.1) is 18.6 Å². The van der Waals surface area contributed by atoms with E-state index in [4.69, 9.17) is 4.74 Å². The Labute approximate surface area is 211 Å². The molecule has 1 aliphatic rings. The minimum Gasteiger partial charge on any atom is -0.385 e. The van der Waals surface area contributed by atoms with Crippen molar-refractivity contribution in [2.75, 3.05) is 18.5 Å². The van der Waals surface area contributed by atoms with Crippen molar-refractivity contribution in [1.82, 2.24) is 24.5 Å². The number of aliphatic hydroxyl groups excluding tert-OH is 1. The van der Waals surface area contributed by atoms with Gasteiger partial charge < -0.3 is 19.7 Å². The van der Waals surface area contributed by atoms with E-state index in [0.29, 0.717) is 22.7 Å². The lowest BCUT2D eigenvalue weighted by molar-refractivity contribution is -0.0832. The Morgan fingerprint density at radius 2 is 1.81 bits per heavy atom. The fourth-order valence-electron chi connectivity index (χ4n) is 4.73. The number of pyridine rings is 1. The number of halogens is 3. The van der Waals surface area contributed by atoms with Crippen molar-refractivity contribution in [1.29, 1.82) is 0 Å². The molecule has 0 bridgehead atoms. The van der Waals surface area contributed by atoms with Gasteiger partial charge in [-0.1, -0.05) is 6.07 Å². The fourth-order valence-corrected chi connectivity index (χ4v) is 4.73. The third-order valence-electron chi connectivity index (χ3n) is 6.62. The number of nitrogens with one attached hydrogen (secondary N) is 1. The van der Waals surface area contributed by atoms with Gasteiger partial charge in [0, 0.05) is 49.4 Å². The van der Waals surface area contributed by atoms with Crippen molar-refractivity contribution >= 4 is 22.8 Å². The number of aliphatic hydroxyl groups is 1. The van der Waals surface area contributed by atoms with E-state index in [0.717, 1.165) is 6.20 Å². The van der Waals surface area contributed by atoms with Crippen molar-refractivity contribution in [3.8, 4) is 11.3 Å². The molecular weight excluding hydrogens is 485 g/mol. The van der Waals surface area contributed by atoms with Crippen LogP contribution >= 0.6 is 0 Å². The number of benzene rings is 1. The van der Waals surface area contributed by atoms with Gasteiger partial charge in [-0.25, -0.2) is 33.1 Å². The summed E-state index contributed by atoms with van der Waals surface area (Å²) in [6.07, 6.45) is 1.23. The number of hydrogen-bond donors (Lipinski definition) is 2. The largest absolute Gasteiger partial charge is 0.385 e. The molecule has 2 N–H and O–H groups in total. The SMILES string of the molecule is Cc1nc2c(F)cc(-c3nc(Nc4ccc(C(O)C5(F)CCOCC5)cn4)ncc3F)cc2n1C(C)C. The standard InChI is InChI=1S/C26H27F3N6O2/c1-14(2)35-15(3)32-23-18(27)10-17(11-20(23)35)22-19(28)13-31-25(34-22)33-21-5-4-16(12-30-21)24(36)26(29)6-8-37-9-7-26/h4-5,10-14,24,36H,6-9H2,1-3H3,(H,30,31,33,34). The Morgan fingerprint density at radius 1 is 1.05 bits per heavy atom. The minimum absolute atomic E-state index is 0.0263. The molecule has 4 heterocycles. The van der Waals surface area contributed by atoms with Gasteiger partial charge in [0.15, 0.2) is 11.6 Å². The lowest BCUT2D eigenvalue weighted by Gasteiger charge is -2.33. The number of fused-ring (bicyclic) bond motifs is 1. The topological polar surface area (TPSA) is 98.0 Å². The summed E-state index contributed by atoms with van der Waals surface area (Å²) in [5.74, 6) is -0.288. The van der Waals surface area contributed by atoms with Gasteiger partial charge >= 0.3 is 0 Å². The van der Waals surface area contributed by atoms with Crippen molar-refractivity contribution in [2.45, 2.75) is 51.4 Å². The van der Waals surface area contributed by atoms with Gasteiger partial charge in [-0.05, 0) is 39.0 Å². The Hall–Kier alpha value is -3.57. The van der Waals surface area contributed by atoms with Crippen molar-refractivity contribution in [3.63, 3.8) is 0 Å². The molecule has 37 heavy (non-hydrogen) atoms. The summed E-state index contributed by atoms with van der Waals surface area (Å²) in [5, 5.41) is 13.4. The first-order valence-electron chi connectivity index (χ1n) is 12.0. The predicted octanol–water partition coefficient (Wildman–Crippen LogP) is 5.35. The van der Waals surface area contributed by atoms with Crippen LogP contribution in [0.25, 0.3) is 22.3 Å². The minimum atomic E-state index is -1.77. The Morgan fingerprint density at radius 3 is 2.49 bits per heavy atom. The molecular formula is C26H27F3N6O2. The molecule has 1 unspecified atom stereocenters. The molecule has 0 radical (unpaired) electrons. The highest BCUT2D eigenvalue weighted by Crippen LogP contribution is 2.38. The predicted molar refractivity (Wildman–Crippen MR) is 132 cm³/mol. The molecule has 8 nitrogen and oxygen atoms in total. The summed E-state index contributed by atoms with van der Waals surface area (Å²) >= 11 is 0. The second-order valence-corrected chi connectivity index (χ2v) is 9.49. The average Bonchev–Trinajstić information content (AvgIpc) is 3.22. The first kappa shape index (κ1) is 25.1. The van der Waals surface area contributed by atoms with E-state index >= 15 is 4.39 Å². The molecule has 0 amide bonds. The van der Waals surface area contributed by atoms with Crippen molar-refractivity contribution in [3.05, 3.63) is 59.7 Å². The smallest absolute Gasteiger partial charge is 0.229 e. The van der Waals surface area contributed by atoms with Crippen LogP contribution in [0.2, 0.25) is 0 Å². The molecule has 5 rings (SSSR count). The zero-order valence-corrected chi connectivity index (χ0v) is 20.7. The molecule has 0 spiro atoms. The van der Waals surface area contributed by atoms with Crippen molar-refractivity contribution < 1.29 is 23.0 Å². The van der Waals surface area contributed by atoms with E-state index in [9.17, 15) is 13.9 Å². The zero-order valence-electron chi connectivity index (χ0n) is 20.7. The fraction of sp³-hybridized carbons (Fsp3) is 0.385. The second kappa shape index (κ2) is 9.71.